The normalized spacial score (nSPS) is 15.1. The fourth-order valence-electron chi connectivity index (χ4n) is 3.06. The average Bonchev–Trinajstić information content (AvgIpc) is 3.41. The number of nitrogens with zero attached hydrogens (tertiary/aromatic N) is 3. The molecule has 0 radical (unpaired) electrons. The molecule has 0 unspecified atom stereocenters. The van der Waals surface area contributed by atoms with E-state index in [0.29, 0.717) is 24.5 Å². The quantitative estimate of drug-likeness (QED) is 0.670. The van der Waals surface area contributed by atoms with E-state index >= 15 is 0 Å². The second kappa shape index (κ2) is 7.13. The molecule has 1 aromatic heterocycles. The molecule has 0 saturated carbocycles. The number of benzene rings is 2. The summed E-state index contributed by atoms with van der Waals surface area (Å²) in [7, 11) is -1.89. The molecule has 3 aromatic rings. The third kappa shape index (κ3) is 3.45. The first-order chi connectivity index (χ1) is 13.1. The molecule has 1 aliphatic heterocycles. The lowest BCUT2D eigenvalue weighted by atomic mass is 10.2. The van der Waals surface area contributed by atoms with Crippen LogP contribution >= 0.6 is 0 Å². The van der Waals surface area contributed by atoms with Crippen molar-refractivity contribution < 1.29 is 17.6 Å². The number of hydrogen-bond donors (Lipinski definition) is 0. The molecule has 0 spiro atoms. The predicted molar refractivity (Wildman–Crippen MR) is 99.7 cm³/mol. The topological polar surface area (TPSA) is 85.5 Å². The van der Waals surface area contributed by atoms with Crippen LogP contribution in [-0.4, -0.2) is 43.1 Å². The molecule has 1 aliphatic rings. The van der Waals surface area contributed by atoms with Crippen LogP contribution in [0.5, 0.6) is 5.75 Å². The summed E-state index contributed by atoms with van der Waals surface area (Å²) in [5, 5.41) is 8.14. The summed E-state index contributed by atoms with van der Waals surface area (Å²) >= 11 is 0. The standard InChI is InChI=1S/C19H19N3O4S/c1-25-16-9-7-14(8-10-16)18-20-21-19(26-18)15-5-4-6-17(13-15)27(23,24)22-11-2-3-12-22/h4-10,13H,2-3,11-12H2,1H3. The first kappa shape index (κ1) is 17.7. The van der Waals surface area contributed by atoms with Gasteiger partial charge in [0.25, 0.3) is 0 Å². The summed E-state index contributed by atoms with van der Waals surface area (Å²) in [5.74, 6) is 1.37. The average molecular weight is 385 g/mol. The van der Waals surface area contributed by atoms with Gasteiger partial charge in [-0.3, -0.25) is 0 Å². The molecule has 140 valence electrons. The van der Waals surface area contributed by atoms with E-state index in [1.54, 1.807) is 31.4 Å². The van der Waals surface area contributed by atoms with Gasteiger partial charge >= 0.3 is 0 Å². The summed E-state index contributed by atoms with van der Waals surface area (Å²) in [6, 6.07) is 13.9. The second-order valence-corrected chi connectivity index (χ2v) is 8.22. The number of hydrogen-bond acceptors (Lipinski definition) is 6. The first-order valence-electron chi connectivity index (χ1n) is 8.66. The molecule has 0 amide bonds. The minimum absolute atomic E-state index is 0.242. The van der Waals surface area contributed by atoms with Crippen molar-refractivity contribution in [1.82, 2.24) is 14.5 Å². The van der Waals surface area contributed by atoms with Crippen molar-refractivity contribution in [3.63, 3.8) is 0 Å². The zero-order valence-electron chi connectivity index (χ0n) is 14.8. The minimum Gasteiger partial charge on any atom is -0.497 e. The maximum atomic E-state index is 12.8. The molecule has 2 aromatic carbocycles. The fourth-order valence-corrected chi connectivity index (χ4v) is 4.62. The number of methoxy groups -OCH3 is 1. The van der Waals surface area contributed by atoms with Gasteiger partial charge in [-0.05, 0) is 55.3 Å². The summed E-state index contributed by atoms with van der Waals surface area (Å²) in [6.45, 7) is 1.13. The van der Waals surface area contributed by atoms with Crippen LogP contribution in [0.25, 0.3) is 22.9 Å². The molecule has 2 heterocycles. The Morgan fingerprint density at radius 1 is 0.963 bits per heavy atom. The van der Waals surface area contributed by atoms with Crippen molar-refractivity contribution in [2.45, 2.75) is 17.7 Å². The molecule has 1 fully saturated rings. The molecule has 0 bridgehead atoms. The summed E-state index contributed by atoms with van der Waals surface area (Å²) in [6.07, 6.45) is 1.79. The van der Waals surface area contributed by atoms with Gasteiger partial charge in [0.05, 0.1) is 12.0 Å². The van der Waals surface area contributed by atoms with Crippen LogP contribution in [0.2, 0.25) is 0 Å². The highest BCUT2D eigenvalue weighted by atomic mass is 32.2. The first-order valence-corrected chi connectivity index (χ1v) is 10.1. The molecule has 0 aliphatic carbocycles. The van der Waals surface area contributed by atoms with E-state index in [0.717, 1.165) is 24.2 Å². The maximum absolute atomic E-state index is 12.8. The van der Waals surface area contributed by atoms with Crippen LogP contribution < -0.4 is 4.74 Å². The van der Waals surface area contributed by atoms with Crippen LogP contribution in [-0.2, 0) is 10.0 Å². The Bertz CT molecular complexity index is 1040. The highest BCUT2D eigenvalue weighted by Crippen LogP contribution is 2.28. The molecule has 8 heteroatoms. The largest absolute Gasteiger partial charge is 0.497 e. The van der Waals surface area contributed by atoms with Crippen LogP contribution in [0.15, 0.2) is 57.8 Å². The smallest absolute Gasteiger partial charge is 0.248 e. The van der Waals surface area contributed by atoms with Gasteiger partial charge in [0.1, 0.15) is 5.75 Å². The second-order valence-electron chi connectivity index (χ2n) is 6.28. The van der Waals surface area contributed by atoms with Crippen molar-refractivity contribution in [3.05, 3.63) is 48.5 Å². The third-order valence-corrected chi connectivity index (χ3v) is 6.44. The van der Waals surface area contributed by atoms with Crippen LogP contribution in [0, 0.1) is 0 Å². The van der Waals surface area contributed by atoms with Crippen molar-refractivity contribution in [3.8, 4) is 28.7 Å². The SMILES string of the molecule is COc1ccc(-c2nnc(-c3cccc(S(=O)(=O)N4CCCC4)c3)o2)cc1. The molecular weight excluding hydrogens is 366 g/mol. The third-order valence-electron chi connectivity index (χ3n) is 4.55. The van der Waals surface area contributed by atoms with Crippen molar-refractivity contribution in [2.24, 2.45) is 0 Å². The Balaban J connectivity index is 1.63. The van der Waals surface area contributed by atoms with E-state index < -0.39 is 10.0 Å². The highest BCUT2D eigenvalue weighted by Gasteiger charge is 2.27. The van der Waals surface area contributed by atoms with Gasteiger partial charge in [0.2, 0.25) is 21.8 Å². The number of sulfonamides is 1. The Morgan fingerprint density at radius 2 is 1.63 bits per heavy atom. The molecule has 4 rings (SSSR count). The van der Waals surface area contributed by atoms with E-state index in [2.05, 4.69) is 10.2 Å². The molecular formula is C19H19N3O4S. The van der Waals surface area contributed by atoms with Gasteiger partial charge in [-0.15, -0.1) is 10.2 Å². The molecule has 0 N–H and O–H groups in total. The van der Waals surface area contributed by atoms with E-state index in [1.807, 2.05) is 24.3 Å². The zero-order chi connectivity index (χ0) is 18.9. The van der Waals surface area contributed by atoms with Crippen LogP contribution in [0.4, 0.5) is 0 Å². The number of ether oxygens (including phenoxy) is 1. The molecule has 27 heavy (non-hydrogen) atoms. The Kier molecular flexibility index (Phi) is 4.67. The van der Waals surface area contributed by atoms with E-state index in [4.69, 9.17) is 9.15 Å². The monoisotopic (exact) mass is 385 g/mol. The van der Waals surface area contributed by atoms with Gasteiger partial charge in [0.15, 0.2) is 0 Å². The Hall–Kier alpha value is -2.71. The lowest BCUT2D eigenvalue weighted by molar-refractivity contribution is 0.415. The lowest BCUT2D eigenvalue weighted by Crippen LogP contribution is -2.27. The summed E-state index contributed by atoms with van der Waals surface area (Å²) in [4.78, 5) is 0.242. The van der Waals surface area contributed by atoms with Gasteiger partial charge in [-0.25, -0.2) is 8.42 Å². The number of aromatic nitrogens is 2. The summed E-state index contributed by atoms with van der Waals surface area (Å²) in [5.41, 5.74) is 1.33. The minimum atomic E-state index is -3.49. The van der Waals surface area contributed by atoms with Gasteiger partial charge in [-0.2, -0.15) is 4.31 Å². The zero-order valence-corrected chi connectivity index (χ0v) is 15.6. The van der Waals surface area contributed by atoms with Gasteiger partial charge in [-0.1, -0.05) is 6.07 Å². The van der Waals surface area contributed by atoms with Gasteiger partial charge < -0.3 is 9.15 Å². The summed E-state index contributed by atoms with van der Waals surface area (Å²) < 4.78 is 37.9. The van der Waals surface area contributed by atoms with Crippen molar-refractivity contribution >= 4 is 10.0 Å². The van der Waals surface area contributed by atoms with Gasteiger partial charge in [0, 0.05) is 24.2 Å². The highest BCUT2D eigenvalue weighted by molar-refractivity contribution is 7.89. The van der Waals surface area contributed by atoms with Crippen molar-refractivity contribution in [1.29, 1.82) is 0 Å². The van der Waals surface area contributed by atoms with Crippen LogP contribution in [0.1, 0.15) is 12.8 Å². The van der Waals surface area contributed by atoms with E-state index in [-0.39, 0.29) is 10.8 Å². The molecule has 0 atom stereocenters. The fraction of sp³-hybridized carbons (Fsp3) is 0.263. The lowest BCUT2D eigenvalue weighted by Gasteiger charge is -2.15. The molecule has 7 nitrogen and oxygen atoms in total. The van der Waals surface area contributed by atoms with E-state index in [1.165, 1.54) is 4.31 Å². The Morgan fingerprint density at radius 3 is 2.30 bits per heavy atom. The molecule has 1 saturated heterocycles. The predicted octanol–water partition coefficient (Wildman–Crippen LogP) is 3.20. The van der Waals surface area contributed by atoms with Crippen molar-refractivity contribution in [2.75, 3.05) is 20.2 Å². The van der Waals surface area contributed by atoms with Crippen LogP contribution in [0.3, 0.4) is 0 Å². The Labute approximate surface area is 157 Å². The maximum Gasteiger partial charge on any atom is 0.248 e. The number of rotatable bonds is 5. The van der Waals surface area contributed by atoms with E-state index in [9.17, 15) is 8.42 Å².